The number of pyridine rings is 1. The van der Waals surface area contributed by atoms with Gasteiger partial charge in [0.2, 0.25) is 0 Å². The van der Waals surface area contributed by atoms with Crippen molar-refractivity contribution in [2.45, 2.75) is 44.1 Å². The van der Waals surface area contributed by atoms with Crippen molar-refractivity contribution in [2.24, 2.45) is 0 Å². The zero-order valence-corrected chi connectivity index (χ0v) is 11.5. The summed E-state index contributed by atoms with van der Waals surface area (Å²) in [5.41, 5.74) is 0.530. The molecule has 1 atom stereocenters. The van der Waals surface area contributed by atoms with Crippen molar-refractivity contribution in [1.29, 1.82) is 0 Å². The first-order valence-corrected chi connectivity index (χ1v) is 6.99. The molecule has 0 spiro atoms. The van der Waals surface area contributed by atoms with Crippen LogP contribution in [0.2, 0.25) is 0 Å². The van der Waals surface area contributed by atoms with Gasteiger partial charge < -0.3 is 5.11 Å². The largest absolute Gasteiger partial charge is 0.480 e. The molecule has 2 heterocycles. The molecule has 0 radical (unpaired) electrons. The summed E-state index contributed by atoms with van der Waals surface area (Å²) in [6.45, 7) is 0.888. The Labute approximate surface area is 114 Å². The number of piperidine rings is 1. The zero-order valence-electron chi connectivity index (χ0n) is 11.5. The van der Waals surface area contributed by atoms with Crippen molar-refractivity contribution in [3.8, 4) is 0 Å². The smallest absolute Gasteiger partial charge is 0.324 e. The first-order chi connectivity index (χ1) is 9.15. The summed E-state index contributed by atoms with van der Waals surface area (Å²) in [6, 6.07) is 3.97. The third kappa shape index (κ3) is 3.13. The highest BCUT2D eigenvalue weighted by molar-refractivity contribution is 5.78. The molecule has 0 aliphatic carbocycles. The second-order valence-corrected chi connectivity index (χ2v) is 5.43. The second-order valence-electron chi connectivity index (χ2n) is 5.43. The van der Waals surface area contributed by atoms with Crippen LogP contribution in [0.1, 0.15) is 37.7 Å². The summed E-state index contributed by atoms with van der Waals surface area (Å²) >= 11 is 0. The van der Waals surface area contributed by atoms with E-state index in [1.807, 2.05) is 30.3 Å². The van der Waals surface area contributed by atoms with Crippen molar-refractivity contribution in [2.75, 3.05) is 13.6 Å². The second kappa shape index (κ2) is 6.15. The number of carbonyl (C=O) groups is 1. The van der Waals surface area contributed by atoms with Gasteiger partial charge in [-0.1, -0.05) is 6.07 Å². The number of rotatable bonds is 5. The van der Waals surface area contributed by atoms with Gasteiger partial charge in [-0.3, -0.25) is 14.7 Å². The van der Waals surface area contributed by atoms with E-state index in [0.29, 0.717) is 6.42 Å². The van der Waals surface area contributed by atoms with Gasteiger partial charge in [0, 0.05) is 12.4 Å². The number of aromatic nitrogens is 1. The van der Waals surface area contributed by atoms with Crippen LogP contribution in [0.5, 0.6) is 0 Å². The first-order valence-electron chi connectivity index (χ1n) is 6.99. The molecule has 1 saturated heterocycles. The van der Waals surface area contributed by atoms with E-state index < -0.39 is 11.5 Å². The highest BCUT2D eigenvalue weighted by Crippen LogP contribution is 2.32. The van der Waals surface area contributed by atoms with E-state index in [0.717, 1.165) is 38.6 Å². The van der Waals surface area contributed by atoms with E-state index in [9.17, 15) is 9.90 Å². The number of hydrogen-bond acceptors (Lipinski definition) is 3. The Bertz CT molecular complexity index is 421. The lowest BCUT2D eigenvalue weighted by molar-refractivity contribution is -0.153. The first kappa shape index (κ1) is 14.0. The lowest BCUT2D eigenvalue weighted by Crippen LogP contribution is -2.55. The Balaban J connectivity index is 1.96. The lowest BCUT2D eigenvalue weighted by atomic mass is 9.82. The van der Waals surface area contributed by atoms with Gasteiger partial charge in [-0.15, -0.1) is 0 Å². The summed E-state index contributed by atoms with van der Waals surface area (Å²) in [6.07, 6.45) is 9.02. The van der Waals surface area contributed by atoms with Crippen LogP contribution < -0.4 is 0 Å². The van der Waals surface area contributed by atoms with Gasteiger partial charge in [0.05, 0.1) is 0 Å². The van der Waals surface area contributed by atoms with Gasteiger partial charge in [-0.05, 0) is 63.7 Å². The highest BCUT2D eigenvalue weighted by atomic mass is 16.4. The van der Waals surface area contributed by atoms with Gasteiger partial charge in [0.15, 0.2) is 0 Å². The summed E-state index contributed by atoms with van der Waals surface area (Å²) < 4.78 is 0. The molecule has 4 heteroatoms. The number of carboxylic acid groups (broad SMARTS) is 1. The minimum Gasteiger partial charge on any atom is -0.480 e. The maximum absolute atomic E-state index is 11.7. The molecule has 0 saturated carbocycles. The minimum atomic E-state index is -0.666. The SMILES string of the molecule is CN1CCCC[C@]1(CCCc1cccnc1)C(=O)O. The summed E-state index contributed by atoms with van der Waals surface area (Å²) in [5.74, 6) is -0.666. The number of aliphatic carboxylic acids is 1. The van der Waals surface area contributed by atoms with E-state index in [-0.39, 0.29) is 0 Å². The molecule has 2 rings (SSSR count). The van der Waals surface area contributed by atoms with Crippen molar-refractivity contribution >= 4 is 5.97 Å². The molecule has 1 fully saturated rings. The summed E-state index contributed by atoms with van der Waals surface area (Å²) in [4.78, 5) is 17.8. The Hall–Kier alpha value is -1.42. The summed E-state index contributed by atoms with van der Waals surface area (Å²) in [7, 11) is 1.94. The molecule has 1 aromatic heterocycles. The number of likely N-dealkylation sites (N-methyl/N-ethyl adjacent to an activating group) is 1. The predicted molar refractivity (Wildman–Crippen MR) is 74.0 cm³/mol. The van der Waals surface area contributed by atoms with Crippen LogP contribution in [0.25, 0.3) is 0 Å². The van der Waals surface area contributed by atoms with Crippen LogP contribution in [-0.2, 0) is 11.2 Å². The normalized spacial score (nSPS) is 24.3. The van der Waals surface area contributed by atoms with Gasteiger partial charge >= 0.3 is 5.97 Å². The molecule has 0 amide bonds. The average Bonchev–Trinajstić information content (AvgIpc) is 2.42. The molecule has 0 unspecified atom stereocenters. The van der Waals surface area contributed by atoms with Crippen molar-refractivity contribution in [3.63, 3.8) is 0 Å². The number of likely N-dealkylation sites (tertiary alicyclic amines) is 1. The summed E-state index contributed by atoms with van der Waals surface area (Å²) in [5, 5.41) is 9.60. The Kier molecular flexibility index (Phi) is 4.53. The van der Waals surface area contributed by atoms with Crippen LogP contribution >= 0.6 is 0 Å². The maximum atomic E-state index is 11.7. The van der Waals surface area contributed by atoms with Gasteiger partial charge in [0.25, 0.3) is 0 Å². The molecular formula is C15H22N2O2. The number of aryl methyl sites for hydroxylation is 1. The molecule has 0 bridgehead atoms. The Morgan fingerprint density at radius 1 is 1.53 bits per heavy atom. The predicted octanol–water partition coefficient (Wildman–Crippen LogP) is 2.34. The fraction of sp³-hybridized carbons (Fsp3) is 0.600. The van der Waals surface area contributed by atoms with E-state index >= 15 is 0 Å². The third-order valence-corrected chi connectivity index (χ3v) is 4.24. The zero-order chi connectivity index (χ0) is 13.7. The molecule has 19 heavy (non-hydrogen) atoms. The third-order valence-electron chi connectivity index (χ3n) is 4.24. The molecule has 1 aromatic rings. The van der Waals surface area contributed by atoms with Crippen molar-refractivity contribution < 1.29 is 9.90 Å². The van der Waals surface area contributed by atoms with E-state index in [4.69, 9.17) is 0 Å². The average molecular weight is 262 g/mol. The quantitative estimate of drug-likeness (QED) is 0.885. The van der Waals surface area contributed by atoms with Crippen LogP contribution in [0, 0.1) is 0 Å². The van der Waals surface area contributed by atoms with Gasteiger partial charge in [-0.2, -0.15) is 0 Å². The Morgan fingerprint density at radius 2 is 2.37 bits per heavy atom. The van der Waals surface area contributed by atoms with Gasteiger partial charge in [-0.25, -0.2) is 0 Å². The van der Waals surface area contributed by atoms with Gasteiger partial charge in [0.1, 0.15) is 5.54 Å². The Morgan fingerprint density at radius 3 is 3.00 bits per heavy atom. The molecule has 0 aromatic carbocycles. The highest BCUT2D eigenvalue weighted by Gasteiger charge is 2.43. The van der Waals surface area contributed by atoms with Crippen LogP contribution in [0.15, 0.2) is 24.5 Å². The van der Waals surface area contributed by atoms with Crippen molar-refractivity contribution in [3.05, 3.63) is 30.1 Å². The maximum Gasteiger partial charge on any atom is 0.324 e. The van der Waals surface area contributed by atoms with Crippen LogP contribution in [0.4, 0.5) is 0 Å². The van der Waals surface area contributed by atoms with E-state index in [1.54, 1.807) is 6.20 Å². The molecule has 1 aliphatic rings. The number of nitrogens with zero attached hydrogens (tertiary/aromatic N) is 2. The fourth-order valence-corrected chi connectivity index (χ4v) is 3.00. The van der Waals surface area contributed by atoms with Crippen LogP contribution in [0.3, 0.4) is 0 Å². The molecule has 104 valence electrons. The van der Waals surface area contributed by atoms with Crippen LogP contribution in [-0.4, -0.2) is 40.1 Å². The molecule has 4 nitrogen and oxygen atoms in total. The standard InChI is InChI=1S/C15H22N2O2/c1-17-11-3-2-8-15(17,14(18)19)9-4-6-13-7-5-10-16-12-13/h5,7,10,12H,2-4,6,8-9,11H2,1H3,(H,18,19)/t15-/m0/s1. The topological polar surface area (TPSA) is 53.4 Å². The van der Waals surface area contributed by atoms with E-state index in [2.05, 4.69) is 4.98 Å². The molecule has 1 N–H and O–H groups in total. The molecular weight excluding hydrogens is 240 g/mol. The van der Waals surface area contributed by atoms with Crippen molar-refractivity contribution in [1.82, 2.24) is 9.88 Å². The monoisotopic (exact) mass is 262 g/mol. The number of carboxylic acids is 1. The molecule has 1 aliphatic heterocycles. The van der Waals surface area contributed by atoms with E-state index in [1.165, 1.54) is 5.56 Å². The lowest BCUT2D eigenvalue weighted by Gasteiger charge is -2.42. The minimum absolute atomic E-state index is 0.652. The fourth-order valence-electron chi connectivity index (χ4n) is 3.00. The number of hydrogen-bond donors (Lipinski definition) is 1.